The molecule has 5 rings (SSSR count). The van der Waals surface area contributed by atoms with Gasteiger partial charge in [-0.05, 0) is 35.4 Å². The summed E-state index contributed by atoms with van der Waals surface area (Å²) in [5, 5.41) is 10.0. The van der Waals surface area contributed by atoms with Gasteiger partial charge in [-0.3, -0.25) is 14.3 Å². The molecule has 0 atom stereocenters. The summed E-state index contributed by atoms with van der Waals surface area (Å²) in [6.45, 7) is 0.453. The number of hydrogen-bond acceptors (Lipinski definition) is 4. The van der Waals surface area contributed by atoms with Crippen molar-refractivity contribution < 1.29 is 9.18 Å². The molecule has 0 radical (unpaired) electrons. The molecule has 0 aliphatic carbocycles. The molecule has 3 heterocycles. The molecule has 3 N–H and O–H groups in total. The van der Waals surface area contributed by atoms with Crippen LogP contribution in [0, 0.1) is 5.82 Å². The van der Waals surface area contributed by atoms with Crippen LogP contribution >= 0.6 is 11.6 Å². The van der Waals surface area contributed by atoms with E-state index < -0.39 is 5.82 Å². The number of nitrogens with zero attached hydrogens (tertiary/aromatic N) is 3. The molecule has 0 saturated heterocycles. The van der Waals surface area contributed by atoms with Crippen LogP contribution in [-0.4, -0.2) is 30.6 Å². The second kappa shape index (κ2) is 9.55. The molecule has 0 bridgehead atoms. The average Bonchev–Trinajstić information content (AvgIpc) is 3.43. The van der Waals surface area contributed by atoms with Gasteiger partial charge < -0.3 is 10.3 Å². The van der Waals surface area contributed by atoms with Crippen LogP contribution in [0.1, 0.15) is 32.7 Å². The standard InChI is InChI=1S/C25H20ClFN6O2/c26-21-12-29-23-10-22(27)18(9-20(21)23)11-30-24(34)17-5-6-28-19(8-17)7-15-1-3-16(4-2-15)13-33-14-31-32-25(33)35/h1-6,8-10,12,14,29H,7,11,13H2,(H,30,34)(H,32,35). The van der Waals surface area contributed by atoms with Gasteiger partial charge in [-0.1, -0.05) is 35.9 Å². The fourth-order valence-electron chi connectivity index (χ4n) is 3.83. The molecule has 0 unspecified atom stereocenters. The van der Waals surface area contributed by atoms with Crippen LogP contribution < -0.4 is 11.0 Å². The number of aromatic nitrogens is 5. The van der Waals surface area contributed by atoms with Crippen LogP contribution in [0.5, 0.6) is 0 Å². The van der Waals surface area contributed by atoms with Gasteiger partial charge >= 0.3 is 5.69 Å². The predicted octanol–water partition coefficient (Wildman–Crippen LogP) is 3.81. The number of hydrogen-bond donors (Lipinski definition) is 3. The Morgan fingerprint density at radius 1 is 1.11 bits per heavy atom. The summed E-state index contributed by atoms with van der Waals surface area (Å²) in [5.74, 6) is -0.748. The van der Waals surface area contributed by atoms with E-state index in [1.54, 1.807) is 30.6 Å². The van der Waals surface area contributed by atoms with E-state index in [2.05, 4.69) is 25.5 Å². The number of carbonyl (C=O) groups excluding carboxylic acids is 1. The fraction of sp³-hybridized carbons (Fsp3) is 0.120. The van der Waals surface area contributed by atoms with E-state index in [0.29, 0.717) is 40.0 Å². The predicted molar refractivity (Wildman–Crippen MR) is 130 cm³/mol. The number of rotatable bonds is 7. The number of H-pyrrole nitrogens is 2. The number of fused-ring (bicyclic) bond motifs is 1. The minimum Gasteiger partial charge on any atom is -0.360 e. The molecule has 1 amide bonds. The van der Waals surface area contributed by atoms with Gasteiger partial charge in [0.05, 0.1) is 11.6 Å². The van der Waals surface area contributed by atoms with Crippen molar-refractivity contribution in [1.29, 1.82) is 0 Å². The summed E-state index contributed by atoms with van der Waals surface area (Å²) in [7, 11) is 0. The third-order valence-corrected chi connectivity index (χ3v) is 6.01. The highest BCUT2D eigenvalue weighted by Gasteiger charge is 2.12. The zero-order chi connectivity index (χ0) is 24.4. The molecule has 3 aromatic heterocycles. The first-order valence-electron chi connectivity index (χ1n) is 10.8. The molecule has 8 nitrogen and oxygen atoms in total. The summed E-state index contributed by atoms with van der Waals surface area (Å²) in [4.78, 5) is 31.6. The second-order valence-electron chi connectivity index (χ2n) is 8.13. The first-order valence-corrected chi connectivity index (χ1v) is 11.2. The monoisotopic (exact) mass is 490 g/mol. The van der Waals surface area contributed by atoms with Crippen molar-refractivity contribution in [2.45, 2.75) is 19.5 Å². The van der Waals surface area contributed by atoms with Gasteiger partial charge in [-0.15, -0.1) is 0 Å². The van der Waals surface area contributed by atoms with Gasteiger partial charge in [0.25, 0.3) is 5.91 Å². The Morgan fingerprint density at radius 2 is 1.91 bits per heavy atom. The van der Waals surface area contributed by atoms with E-state index in [4.69, 9.17) is 11.6 Å². The molecule has 0 aliphatic rings. The van der Waals surface area contributed by atoms with Gasteiger partial charge in [0, 0.05) is 53.1 Å². The zero-order valence-corrected chi connectivity index (χ0v) is 19.1. The summed E-state index contributed by atoms with van der Waals surface area (Å²) in [6, 6.07) is 14.1. The van der Waals surface area contributed by atoms with Crippen molar-refractivity contribution in [3.05, 3.63) is 117 Å². The molecular weight excluding hydrogens is 471 g/mol. The van der Waals surface area contributed by atoms with Crippen molar-refractivity contribution >= 4 is 28.4 Å². The second-order valence-corrected chi connectivity index (χ2v) is 8.53. The number of halogens is 2. The van der Waals surface area contributed by atoms with Crippen LogP contribution in [-0.2, 0) is 19.5 Å². The van der Waals surface area contributed by atoms with Crippen molar-refractivity contribution in [1.82, 2.24) is 30.0 Å². The molecule has 10 heteroatoms. The fourth-order valence-corrected chi connectivity index (χ4v) is 4.05. The number of amides is 1. The Balaban J connectivity index is 1.23. The zero-order valence-electron chi connectivity index (χ0n) is 18.4. The minimum absolute atomic E-state index is 0.0288. The third kappa shape index (κ3) is 4.99. The highest BCUT2D eigenvalue weighted by Crippen LogP contribution is 2.25. The Kier molecular flexibility index (Phi) is 6.15. The van der Waals surface area contributed by atoms with Crippen molar-refractivity contribution in [3.8, 4) is 0 Å². The third-order valence-electron chi connectivity index (χ3n) is 5.70. The maximum absolute atomic E-state index is 14.4. The van der Waals surface area contributed by atoms with Crippen molar-refractivity contribution in [2.24, 2.45) is 0 Å². The molecule has 0 aliphatic heterocycles. The number of nitrogens with one attached hydrogen (secondary N) is 3. The maximum Gasteiger partial charge on any atom is 0.343 e. The van der Waals surface area contributed by atoms with Crippen LogP contribution in [0.3, 0.4) is 0 Å². The highest BCUT2D eigenvalue weighted by atomic mass is 35.5. The minimum atomic E-state index is -0.423. The highest BCUT2D eigenvalue weighted by molar-refractivity contribution is 6.35. The van der Waals surface area contributed by atoms with Crippen molar-refractivity contribution in [2.75, 3.05) is 0 Å². The smallest absolute Gasteiger partial charge is 0.343 e. The Labute approximate surface area is 203 Å². The lowest BCUT2D eigenvalue weighted by molar-refractivity contribution is 0.0950. The van der Waals surface area contributed by atoms with E-state index in [0.717, 1.165) is 16.8 Å². The lowest BCUT2D eigenvalue weighted by Crippen LogP contribution is -2.23. The van der Waals surface area contributed by atoms with Gasteiger partial charge in [-0.25, -0.2) is 14.3 Å². The first-order chi connectivity index (χ1) is 17.0. The number of pyridine rings is 1. The maximum atomic E-state index is 14.4. The van der Waals surface area contributed by atoms with Gasteiger partial charge in [-0.2, -0.15) is 5.10 Å². The lowest BCUT2D eigenvalue weighted by atomic mass is 10.1. The van der Waals surface area contributed by atoms with Crippen LogP contribution in [0.15, 0.2) is 72.0 Å². The summed E-state index contributed by atoms with van der Waals surface area (Å²) in [6.07, 6.45) is 5.17. The van der Waals surface area contributed by atoms with E-state index in [9.17, 15) is 14.0 Å². The molecule has 0 saturated carbocycles. The van der Waals surface area contributed by atoms with E-state index in [1.807, 2.05) is 24.3 Å². The van der Waals surface area contributed by atoms with Crippen LogP contribution in [0.2, 0.25) is 5.02 Å². The van der Waals surface area contributed by atoms with Crippen molar-refractivity contribution in [3.63, 3.8) is 0 Å². The Bertz CT molecular complexity index is 1570. The topological polar surface area (TPSA) is 108 Å². The summed E-state index contributed by atoms with van der Waals surface area (Å²) in [5.41, 5.74) is 3.83. The normalized spacial score (nSPS) is 11.1. The summed E-state index contributed by atoms with van der Waals surface area (Å²) >= 11 is 6.12. The first kappa shape index (κ1) is 22.5. The average molecular weight is 491 g/mol. The van der Waals surface area contributed by atoms with Crippen LogP contribution in [0.25, 0.3) is 10.9 Å². The quantitative estimate of drug-likeness (QED) is 0.322. The van der Waals surface area contributed by atoms with Gasteiger partial charge in [0.1, 0.15) is 12.1 Å². The van der Waals surface area contributed by atoms with Crippen LogP contribution in [0.4, 0.5) is 4.39 Å². The van der Waals surface area contributed by atoms with Gasteiger partial charge in [0.2, 0.25) is 0 Å². The molecule has 5 aromatic rings. The van der Waals surface area contributed by atoms with E-state index >= 15 is 0 Å². The number of aromatic amines is 2. The Hall–Kier alpha value is -4.24. The number of carbonyl (C=O) groups is 1. The van der Waals surface area contributed by atoms with Gasteiger partial charge in [0.15, 0.2) is 0 Å². The molecule has 0 spiro atoms. The number of benzene rings is 2. The molecule has 176 valence electrons. The SMILES string of the molecule is O=C(NCc1cc2c(Cl)c[nH]c2cc1F)c1ccnc(Cc2ccc(Cn3cn[nH]c3=O)cc2)c1. The molecular formula is C25H20ClFN6O2. The van der Waals surface area contributed by atoms with E-state index in [-0.39, 0.29) is 18.1 Å². The lowest BCUT2D eigenvalue weighted by Gasteiger charge is -2.09. The Morgan fingerprint density at radius 3 is 2.69 bits per heavy atom. The molecule has 35 heavy (non-hydrogen) atoms. The summed E-state index contributed by atoms with van der Waals surface area (Å²) < 4.78 is 15.9. The largest absolute Gasteiger partial charge is 0.360 e. The molecule has 2 aromatic carbocycles. The molecule has 0 fully saturated rings. The van der Waals surface area contributed by atoms with E-state index in [1.165, 1.54) is 17.0 Å².